The minimum absolute atomic E-state index is 0. The van der Waals surface area contributed by atoms with E-state index in [2.05, 4.69) is 4.90 Å². The SMILES string of the molecule is Cl.Oc1ccc(OC2CN3CCC2CC3)cc1. The molecule has 1 aromatic carbocycles. The van der Waals surface area contributed by atoms with E-state index in [4.69, 9.17) is 4.74 Å². The zero-order chi connectivity index (χ0) is 11.0. The standard InChI is InChI=1S/C13H17NO2.ClH/c15-11-1-3-12(4-2-11)16-13-9-14-7-5-10(13)6-8-14;/h1-4,10,13,15H,5-9H2;1H. The van der Waals surface area contributed by atoms with Crippen molar-refractivity contribution >= 4 is 12.4 Å². The Balaban J connectivity index is 0.00000108. The molecule has 17 heavy (non-hydrogen) atoms. The average molecular weight is 256 g/mol. The zero-order valence-corrected chi connectivity index (χ0v) is 10.5. The lowest BCUT2D eigenvalue weighted by Gasteiger charge is -2.44. The monoisotopic (exact) mass is 255 g/mol. The number of hydrogen-bond donors (Lipinski definition) is 1. The number of phenolic OH excluding ortho intramolecular Hbond substituents is 1. The molecule has 0 spiro atoms. The number of fused-ring (bicyclic) bond motifs is 3. The van der Waals surface area contributed by atoms with Crippen LogP contribution in [0.15, 0.2) is 24.3 Å². The molecule has 3 aliphatic rings. The molecule has 2 bridgehead atoms. The predicted molar refractivity (Wildman–Crippen MR) is 68.9 cm³/mol. The summed E-state index contributed by atoms with van der Waals surface area (Å²) >= 11 is 0. The van der Waals surface area contributed by atoms with E-state index in [0.717, 1.165) is 18.2 Å². The van der Waals surface area contributed by atoms with E-state index in [0.29, 0.717) is 11.9 Å². The first-order valence-corrected chi connectivity index (χ1v) is 5.99. The van der Waals surface area contributed by atoms with Crippen LogP contribution in [0.3, 0.4) is 0 Å². The third-order valence-electron chi connectivity index (χ3n) is 3.72. The smallest absolute Gasteiger partial charge is 0.120 e. The van der Waals surface area contributed by atoms with Crippen LogP contribution in [-0.4, -0.2) is 35.7 Å². The molecule has 0 aromatic heterocycles. The predicted octanol–water partition coefficient (Wildman–Crippen LogP) is 2.29. The van der Waals surface area contributed by atoms with Gasteiger partial charge in [0.1, 0.15) is 17.6 Å². The van der Waals surface area contributed by atoms with Gasteiger partial charge in [-0.25, -0.2) is 0 Å². The second-order valence-electron chi connectivity index (χ2n) is 4.79. The topological polar surface area (TPSA) is 32.7 Å². The molecular formula is C13H18ClNO2. The van der Waals surface area contributed by atoms with E-state index in [-0.39, 0.29) is 12.4 Å². The molecule has 0 aliphatic carbocycles. The summed E-state index contributed by atoms with van der Waals surface area (Å²) in [7, 11) is 0. The molecule has 1 atom stereocenters. The van der Waals surface area contributed by atoms with Gasteiger partial charge in [-0.15, -0.1) is 12.4 Å². The lowest BCUT2D eigenvalue weighted by Crippen LogP contribution is -2.52. The fourth-order valence-corrected chi connectivity index (χ4v) is 2.74. The van der Waals surface area contributed by atoms with Crippen LogP contribution in [0, 0.1) is 5.92 Å². The van der Waals surface area contributed by atoms with Crippen LogP contribution in [0.2, 0.25) is 0 Å². The van der Waals surface area contributed by atoms with Crippen molar-refractivity contribution in [2.75, 3.05) is 19.6 Å². The Kier molecular flexibility index (Phi) is 3.79. The van der Waals surface area contributed by atoms with E-state index >= 15 is 0 Å². The molecule has 3 aliphatic heterocycles. The van der Waals surface area contributed by atoms with Crippen LogP contribution in [0.5, 0.6) is 11.5 Å². The van der Waals surface area contributed by atoms with Crippen LogP contribution < -0.4 is 4.74 Å². The summed E-state index contributed by atoms with van der Waals surface area (Å²) in [5.41, 5.74) is 0. The Labute approximate surface area is 108 Å². The van der Waals surface area contributed by atoms with Crippen LogP contribution in [0.4, 0.5) is 0 Å². The number of rotatable bonds is 2. The number of phenols is 1. The van der Waals surface area contributed by atoms with Crippen molar-refractivity contribution in [3.05, 3.63) is 24.3 Å². The van der Waals surface area contributed by atoms with Crippen molar-refractivity contribution in [2.24, 2.45) is 5.92 Å². The quantitative estimate of drug-likeness (QED) is 0.880. The molecule has 1 unspecified atom stereocenters. The summed E-state index contributed by atoms with van der Waals surface area (Å²) in [4.78, 5) is 2.48. The largest absolute Gasteiger partial charge is 0.508 e. The third-order valence-corrected chi connectivity index (χ3v) is 3.72. The molecule has 94 valence electrons. The van der Waals surface area contributed by atoms with Crippen molar-refractivity contribution < 1.29 is 9.84 Å². The zero-order valence-electron chi connectivity index (χ0n) is 9.71. The average Bonchev–Trinajstić information content (AvgIpc) is 2.34. The molecule has 3 saturated heterocycles. The number of benzene rings is 1. The van der Waals surface area contributed by atoms with E-state index in [1.807, 2.05) is 12.1 Å². The van der Waals surface area contributed by atoms with Crippen LogP contribution in [-0.2, 0) is 0 Å². The summed E-state index contributed by atoms with van der Waals surface area (Å²) in [6.45, 7) is 3.53. The molecule has 3 heterocycles. The minimum Gasteiger partial charge on any atom is -0.508 e. The van der Waals surface area contributed by atoms with Crippen LogP contribution >= 0.6 is 12.4 Å². The summed E-state index contributed by atoms with van der Waals surface area (Å²) in [5, 5.41) is 9.20. The van der Waals surface area contributed by atoms with Gasteiger partial charge in [0, 0.05) is 6.54 Å². The van der Waals surface area contributed by atoms with E-state index < -0.39 is 0 Å². The van der Waals surface area contributed by atoms with Crippen molar-refractivity contribution in [1.29, 1.82) is 0 Å². The van der Waals surface area contributed by atoms with Crippen molar-refractivity contribution in [3.8, 4) is 11.5 Å². The number of nitrogens with zero attached hydrogens (tertiary/aromatic N) is 1. The highest BCUT2D eigenvalue weighted by Gasteiger charge is 2.35. The van der Waals surface area contributed by atoms with Gasteiger partial charge in [0.25, 0.3) is 0 Å². The first kappa shape index (κ1) is 12.5. The Morgan fingerprint density at radius 3 is 2.29 bits per heavy atom. The number of aromatic hydroxyl groups is 1. The maximum absolute atomic E-state index is 9.20. The first-order valence-electron chi connectivity index (χ1n) is 5.99. The molecule has 4 heteroatoms. The third kappa shape index (κ3) is 2.67. The van der Waals surface area contributed by atoms with Gasteiger partial charge in [-0.3, -0.25) is 4.90 Å². The van der Waals surface area contributed by atoms with E-state index in [9.17, 15) is 5.11 Å². The normalized spacial score (nSPS) is 30.7. The lowest BCUT2D eigenvalue weighted by molar-refractivity contribution is -0.00777. The van der Waals surface area contributed by atoms with Gasteiger partial charge in [0.15, 0.2) is 0 Å². The van der Waals surface area contributed by atoms with Gasteiger partial charge in [-0.2, -0.15) is 0 Å². The number of hydrogen-bond acceptors (Lipinski definition) is 3. The molecular weight excluding hydrogens is 238 g/mol. The van der Waals surface area contributed by atoms with Crippen LogP contribution in [0.1, 0.15) is 12.8 Å². The molecule has 0 saturated carbocycles. The summed E-state index contributed by atoms with van der Waals surface area (Å²) in [5.74, 6) is 1.89. The van der Waals surface area contributed by atoms with Gasteiger partial charge in [-0.05, 0) is 56.1 Å². The molecule has 1 N–H and O–H groups in total. The van der Waals surface area contributed by atoms with Crippen molar-refractivity contribution in [2.45, 2.75) is 18.9 Å². The second-order valence-corrected chi connectivity index (χ2v) is 4.79. The fourth-order valence-electron chi connectivity index (χ4n) is 2.74. The minimum atomic E-state index is 0. The fraction of sp³-hybridized carbons (Fsp3) is 0.538. The summed E-state index contributed by atoms with van der Waals surface area (Å²) in [6, 6.07) is 7.04. The molecule has 3 fully saturated rings. The Morgan fingerprint density at radius 1 is 1.12 bits per heavy atom. The number of ether oxygens (including phenoxy) is 1. The Bertz CT molecular complexity index is 360. The second kappa shape index (κ2) is 5.15. The molecule has 3 nitrogen and oxygen atoms in total. The summed E-state index contributed by atoms with van der Waals surface area (Å²) in [6.07, 6.45) is 2.87. The molecule has 0 radical (unpaired) electrons. The van der Waals surface area contributed by atoms with Gasteiger partial charge in [-0.1, -0.05) is 0 Å². The van der Waals surface area contributed by atoms with Gasteiger partial charge >= 0.3 is 0 Å². The molecule has 4 rings (SSSR count). The maximum Gasteiger partial charge on any atom is 0.120 e. The first-order chi connectivity index (χ1) is 7.81. The van der Waals surface area contributed by atoms with E-state index in [1.165, 1.54) is 25.9 Å². The van der Waals surface area contributed by atoms with Gasteiger partial charge < -0.3 is 9.84 Å². The Hall–Kier alpha value is -0.930. The molecule has 1 aromatic rings. The highest BCUT2D eigenvalue weighted by Crippen LogP contribution is 2.30. The maximum atomic E-state index is 9.20. The molecule has 0 amide bonds. The van der Waals surface area contributed by atoms with Gasteiger partial charge in [0.2, 0.25) is 0 Å². The highest BCUT2D eigenvalue weighted by atomic mass is 35.5. The highest BCUT2D eigenvalue weighted by molar-refractivity contribution is 5.85. The van der Waals surface area contributed by atoms with Crippen molar-refractivity contribution in [1.82, 2.24) is 4.90 Å². The Morgan fingerprint density at radius 2 is 1.76 bits per heavy atom. The van der Waals surface area contributed by atoms with Gasteiger partial charge in [0.05, 0.1) is 0 Å². The van der Waals surface area contributed by atoms with E-state index in [1.54, 1.807) is 12.1 Å². The lowest BCUT2D eigenvalue weighted by atomic mass is 9.86. The summed E-state index contributed by atoms with van der Waals surface area (Å²) < 4.78 is 5.99. The number of piperidine rings is 3. The number of halogens is 1. The van der Waals surface area contributed by atoms with Crippen LogP contribution in [0.25, 0.3) is 0 Å². The van der Waals surface area contributed by atoms with Crippen molar-refractivity contribution in [3.63, 3.8) is 0 Å².